The molecule has 0 heterocycles. The quantitative estimate of drug-likeness (QED) is 0.357. The molecule has 32 heavy (non-hydrogen) atoms. The molecule has 6 nitrogen and oxygen atoms in total. The summed E-state index contributed by atoms with van der Waals surface area (Å²) in [5.74, 6) is 0.877. The first-order chi connectivity index (χ1) is 15.0. The minimum Gasteiger partial charge on any atom is -0.465 e. The molecule has 4 aliphatic carbocycles. The molecule has 4 aliphatic rings. The third-order valence-corrected chi connectivity index (χ3v) is 9.26. The van der Waals surface area contributed by atoms with E-state index in [1.807, 2.05) is 0 Å². The van der Waals surface area contributed by atoms with Crippen molar-refractivity contribution in [2.45, 2.75) is 91.8 Å². The van der Waals surface area contributed by atoms with Crippen molar-refractivity contribution >= 4 is 17.9 Å². The van der Waals surface area contributed by atoms with Crippen LogP contribution in [0.25, 0.3) is 0 Å². The molecule has 178 valence electrons. The highest BCUT2D eigenvalue weighted by Crippen LogP contribution is 2.66. The van der Waals surface area contributed by atoms with Gasteiger partial charge in [-0.1, -0.05) is 25.5 Å². The molecule has 0 spiro atoms. The topological polar surface area (TPSA) is 78.9 Å². The summed E-state index contributed by atoms with van der Waals surface area (Å²) in [4.78, 5) is 34.9. The van der Waals surface area contributed by atoms with E-state index in [0.717, 1.165) is 44.9 Å². The van der Waals surface area contributed by atoms with Gasteiger partial charge in [-0.05, 0) is 61.7 Å². The molecular formula is C26H38O6. The van der Waals surface area contributed by atoms with Gasteiger partial charge in [0.2, 0.25) is 0 Å². The van der Waals surface area contributed by atoms with Gasteiger partial charge in [0.05, 0.1) is 6.61 Å². The molecule has 0 radical (unpaired) electrons. The van der Waals surface area contributed by atoms with Gasteiger partial charge in [-0.25, -0.2) is 0 Å². The first-order valence-corrected chi connectivity index (χ1v) is 12.2. The van der Waals surface area contributed by atoms with Gasteiger partial charge >= 0.3 is 17.9 Å². The van der Waals surface area contributed by atoms with Crippen molar-refractivity contribution in [1.82, 2.24) is 0 Å². The van der Waals surface area contributed by atoms with Crippen LogP contribution in [0.4, 0.5) is 0 Å². The molecule has 3 saturated carbocycles. The summed E-state index contributed by atoms with van der Waals surface area (Å²) < 4.78 is 16.8. The summed E-state index contributed by atoms with van der Waals surface area (Å²) in [5.41, 5.74) is 1.52. The zero-order chi connectivity index (χ0) is 23.3. The first kappa shape index (κ1) is 23.3. The molecule has 4 rings (SSSR count). The second-order valence-electron chi connectivity index (χ2n) is 11.1. The van der Waals surface area contributed by atoms with E-state index in [9.17, 15) is 14.4 Å². The standard InChI is InChI=1S/C26H38O6/c1-15(27)30-14-18-12-23-21-7-6-19-13-20(31-16(2)28)8-10-25(19,4)22(21)9-11-26(23,5)24(18)32-17(3)29/h6,18,20-24H,7-14H2,1-5H3/t18-,20-,21+,22-,23-,24+,25-,26-/m0/s1. The molecule has 0 aromatic rings. The van der Waals surface area contributed by atoms with Crippen LogP contribution < -0.4 is 0 Å². The fourth-order valence-electron chi connectivity index (χ4n) is 7.89. The summed E-state index contributed by atoms with van der Waals surface area (Å²) >= 11 is 0. The lowest BCUT2D eigenvalue weighted by Crippen LogP contribution is -2.52. The van der Waals surface area contributed by atoms with Crippen LogP contribution >= 0.6 is 0 Å². The monoisotopic (exact) mass is 446 g/mol. The highest BCUT2D eigenvalue weighted by Gasteiger charge is 2.62. The number of hydrogen-bond acceptors (Lipinski definition) is 6. The Labute approximate surface area is 191 Å². The zero-order valence-electron chi connectivity index (χ0n) is 20.1. The minimum atomic E-state index is -0.285. The van der Waals surface area contributed by atoms with Crippen LogP contribution in [0.1, 0.15) is 79.6 Å². The van der Waals surface area contributed by atoms with Crippen LogP contribution in [0.5, 0.6) is 0 Å². The van der Waals surface area contributed by atoms with Crippen molar-refractivity contribution in [2.24, 2.45) is 34.5 Å². The van der Waals surface area contributed by atoms with E-state index in [1.54, 1.807) is 0 Å². The Morgan fingerprint density at radius 2 is 1.69 bits per heavy atom. The van der Waals surface area contributed by atoms with Crippen molar-refractivity contribution < 1.29 is 28.6 Å². The molecule has 0 aromatic heterocycles. The molecular weight excluding hydrogens is 408 g/mol. The Balaban J connectivity index is 1.58. The molecule has 3 fully saturated rings. The summed E-state index contributed by atoms with van der Waals surface area (Å²) in [6.07, 6.45) is 9.12. The van der Waals surface area contributed by atoms with Gasteiger partial charge < -0.3 is 14.2 Å². The van der Waals surface area contributed by atoms with Crippen LogP contribution in [0.15, 0.2) is 11.6 Å². The van der Waals surface area contributed by atoms with Gasteiger partial charge in [-0.3, -0.25) is 14.4 Å². The Hall–Kier alpha value is -1.85. The largest absolute Gasteiger partial charge is 0.465 e. The zero-order valence-corrected chi connectivity index (χ0v) is 20.1. The maximum absolute atomic E-state index is 12.0. The Morgan fingerprint density at radius 1 is 0.969 bits per heavy atom. The van der Waals surface area contributed by atoms with Gasteiger partial charge in [-0.2, -0.15) is 0 Å². The lowest BCUT2D eigenvalue weighted by molar-refractivity contribution is -0.162. The van der Waals surface area contributed by atoms with E-state index in [4.69, 9.17) is 14.2 Å². The molecule has 8 atom stereocenters. The molecule has 0 N–H and O–H groups in total. The number of carbonyl (C=O) groups is 3. The number of allylic oxidation sites excluding steroid dienone is 1. The van der Waals surface area contributed by atoms with Crippen LogP contribution in [0.3, 0.4) is 0 Å². The summed E-state index contributed by atoms with van der Waals surface area (Å²) in [6, 6.07) is 0. The van der Waals surface area contributed by atoms with Crippen molar-refractivity contribution in [1.29, 1.82) is 0 Å². The average Bonchev–Trinajstić information content (AvgIpc) is 2.98. The second kappa shape index (κ2) is 8.49. The fraction of sp³-hybridized carbons (Fsp3) is 0.808. The van der Waals surface area contributed by atoms with Crippen molar-refractivity contribution in [3.63, 3.8) is 0 Å². The van der Waals surface area contributed by atoms with Gasteiger partial charge in [0, 0.05) is 38.5 Å². The third-order valence-electron chi connectivity index (χ3n) is 9.26. The van der Waals surface area contributed by atoms with Gasteiger partial charge in [0.25, 0.3) is 0 Å². The lowest BCUT2D eigenvalue weighted by atomic mass is 9.48. The van der Waals surface area contributed by atoms with Crippen LogP contribution in [0, 0.1) is 34.5 Å². The first-order valence-electron chi connectivity index (χ1n) is 12.2. The van der Waals surface area contributed by atoms with Gasteiger partial charge in [0.1, 0.15) is 12.2 Å². The Bertz CT molecular complexity index is 817. The summed E-state index contributed by atoms with van der Waals surface area (Å²) in [6.45, 7) is 9.42. The SMILES string of the molecule is CC(=O)OC[C@@H]1C[C@H]2[C@@H]3CC=C4C[C@@H](OC(C)=O)CC[C@]4(C)[C@H]3CC[C@]2(C)[C@@H]1OC(C)=O. The normalized spacial score (nSPS) is 42.6. The van der Waals surface area contributed by atoms with Crippen LogP contribution in [-0.2, 0) is 28.6 Å². The van der Waals surface area contributed by atoms with E-state index in [0.29, 0.717) is 24.4 Å². The van der Waals surface area contributed by atoms with Crippen molar-refractivity contribution in [3.05, 3.63) is 11.6 Å². The third kappa shape index (κ3) is 3.99. The highest BCUT2D eigenvalue weighted by atomic mass is 16.6. The number of ether oxygens (including phenoxy) is 3. The number of rotatable bonds is 4. The fourth-order valence-corrected chi connectivity index (χ4v) is 7.89. The average molecular weight is 447 g/mol. The van der Waals surface area contributed by atoms with Gasteiger partial charge in [-0.15, -0.1) is 0 Å². The Morgan fingerprint density at radius 3 is 2.34 bits per heavy atom. The number of carbonyl (C=O) groups excluding carboxylic acids is 3. The molecule has 0 saturated heterocycles. The van der Waals surface area contributed by atoms with Crippen molar-refractivity contribution in [2.75, 3.05) is 6.61 Å². The van der Waals surface area contributed by atoms with Crippen molar-refractivity contribution in [3.8, 4) is 0 Å². The van der Waals surface area contributed by atoms with Crippen LogP contribution in [-0.4, -0.2) is 36.7 Å². The molecule has 0 aromatic carbocycles. The highest BCUT2D eigenvalue weighted by molar-refractivity contribution is 5.67. The lowest BCUT2D eigenvalue weighted by Gasteiger charge is -2.57. The maximum Gasteiger partial charge on any atom is 0.302 e. The van der Waals surface area contributed by atoms with E-state index in [-0.39, 0.29) is 46.9 Å². The smallest absolute Gasteiger partial charge is 0.302 e. The summed E-state index contributed by atoms with van der Waals surface area (Å²) in [5, 5.41) is 0. The summed E-state index contributed by atoms with van der Waals surface area (Å²) in [7, 11) is 0. The minimum absolute atomic E-state index is 0.00479. The molecule has 0 amide bonds. The predicted octanol–water partition coefficient (Wildman–Crippen LogP) is 4.60. The molecule has 0 aliphatic heterocycles. The predicted molar refractivity (Wildman–Crippen MR) is 118 cm³/mol. The maximum atomic E-state index is 12.0. The molecule has 6 heteroatoms. The number of esters is 3. The number of hydrogen-bond donors (Lipinski definition) is 0. The molecule has 0 bridgehead atoms. The second-order valence-corrected chi connectivity index (χ2v) is 11.1. The van der Waals surface area contributed by atoms with E-state index in [1.165, 1.54) is 26.3 Å². The van der Waals surface area contributed by atoms with E-state index in [2.05, 4.69) is 19.9 Å². The van der Waals surface area contributed by atoms with Gasteiger partial charge in [0.15, 0.2) is 0 Å². The van der Waals surface area contributed by atoms with E-state index < -0.39 is 0 Å². The van der Waals surface area contributed by atoms with Crippen LogP contribution in [0.2, 0.25) is 0 Å². The Kier molecular flexibility index (Phi) is 6.19. The molecule has 0 unspecified atom stereocenters. The number of fused-ring (bicyclic) bond motifs is 5. The van der Waals surface area contributed by atoms with E-state index >= 15 is 0 Å².